The van der Waals surface area contributed by atoms with Gasteiger partial charge in [0.25, 0.3) is 0 Å². The lowest BCUT2D eigenvalue weighted by Crippen LogP contribution is -2.57. The number of pyridine rings is 2. The van der Waals surface area contributed by atoms with Crippen molar-refractivity contribution in [2.75, 3.05) is 18.4 Å². The Kier molecular flexibility index (Phi) is 2.49. The van der Waals surface area contributed by atoms with Crippen molar-refractivity contribution in [2.24, 2.45) is 0 Å². The first-order valence-electron chi connectivity index (χ1n) is 6.94. The van der Waals surface area contributed by atoms with Crippen molar-refractivity contribution in [2.45, 2.75) is 12.6 Å². The van der Waals surface area contributed by atoms with Gasteiger partial charge in [0.05, 0.1) is 11.4 Å². The van der Waals surface area contributed by atoms with Gasteiger partial charge in [-0.15, -0.1) is 0 Å². The minimum atomic E-state index is -0.724. The third kappa shape index (κ3) is 1.59. The molecule has 2 aliphatic rings. The van der Waals surface area contributed by atoms with E-state index in [-0.39, 0.29) is 6.03 Å². The quantitative estimate of drug-likeness (QED) is 0.829. The molecule has 2 aromatic rings. The van der Waals surface area contributed by atoms with Crippen LogP contribution in [0.15, 0.2) is 36.7 Å². The Morgan fingerprint density at radius 1 is 1.33 bits per heavy atom. The van der Waals surface area contributed by atoms with Crippen LogP contribution in [0.4, 0.5) is 10.5 Å². The van der Waals surface area contributed by atoms with Gasteiger partial charge in [-0.2, -0.15) is 0 Å². The Morgan fingerprint density at radius 2 is 2.24 bits per heavy atom. The van der Waals surface area contributed by atoms with Gasteiger partial charge in [0.15, 0.2) is 5.66 Å². The number of nitrogens with zero attached hydrogens (tertiary/aromatic N) is 3. The van der Waals surface area contributed by atoms with E-state index in [1.165, 1.54) is 0 Å². The number of fused-ring (bicyclic) bond motifs is 3. The van der Waals surface area contributed by atoms with Crippen LogP contribution in [0.5, 0.6) is 0 Å². The SMILES string of the molecule is Cc1cccc(C23NCCN2C(=O)Nc2ccncc23)n1. The number of hydrogen-bond acceptors (Lipinski definition) is 4. The fourth-order valence-electron chi connectivity index (χ4n) is 3.19. The predicted octanol–water partition coefficient (Wildman–Crippen LogP) is 1.44. The fourth-order valence-corrected chi connectivity index (χ4v) is 3.19. The van der Waals surface area contributed by atoms with E-state index in [9.17, 15) is 4.79 Å². The van der Waals surface area contributed by atoms with Gasteiger partial charge in [0.2, 0.25) is 0 Å². The van der Waals surface area contributed by atoms with Crippen LogP contribution in [0, 0.1) is 6.92 Å². The third-order valence-electron chi connectivity index (χ3n) is 4.08. The number of aryl methyl sites for hydroxylation is 1. The molecule has 6 nitrogen and oxygen atoms in total. The second-order valence-electron chi connectivity index (χ2n) is 5.30. The first kappa shape index (κ1) is 12.3. The summed E-state index contributed by atoms with van der Waals surface area (Å²) in [7, 11) is 0. The number of carbonyl (C=O) groups excluding carboxylic acids is 1. The molecule has 1 fully saturated rings. The summed E-state index contributed by atoms with van der Waals surface area (Å²) in [6, 6.07) is 7.58. The van der Waals surface area contributed by atoms with Crippen molar-refractivity contribution in [1.29, 1.82) is 0 Å². The van der Waals surface area contributed by atoms with Gasteiger partial charge in [-0.25, -0.2) is 4.79 Å². The zero-order chi connectivity index (χ0) is 14.4. The van der Waals surface area contributed by atoms with Gasteiger partial charge < -0.3 is 5.32 Å². The van der Waals surface area contributed by atoms with Gasteiger partial charge in [-0.3, -0.25) is 20.2 Å². The number of carbonyl (C=O) groups is 1. The Bertz CT molecular complexity index is 732. The number of hydrogen-bond donors (Lipinski definition) is 2. The standard InChI is InChI=1S/C15H15N5O/c1-10-3-2-4-13(18-10)15-11-9-16-6-5-12(11)19-14(21)20(15)8-7-17-15/h2-6,9,17H,7-8H2,1H3,(H,19,21). The first-order chi connectivity index (χ1) is 10.2. The van der Waals surface area contributed by atoms with Crippen LogP contribution in [0.1, 0.15) is 17.0 Å². The molecule has 1 unspecified atom stereocenters. The molecule has 1 saturated heterocycles. The Hall–Kier alpha value is -2.47. The average Bonchev–Trinajstić information content (AvgIpc) is 2.94. The first-order valence-corrected chi connectivity index (χ1v) is 6.94. The topological polar surface area (TPSA) is 70.2 Å². The van der Waals surface area contributed by atoms with Crippen molar-refractivity contribution in [1.82, 2.24) is 20.2 Å². The molecule has 106 valence electrons. The molecule has 2 aromatic heterocycles. The van der Waals surface area contributed by atoms with E-state index in [4.69, 9.17) is 0 Å². The van der Waals surface area contributed by atoms with Crippen LogP contribution in [0.2, 0.25) is 0 Å². The molecular formula is C15H15N5O. The number of aromatic nitrogens is 2. The van der Waals surface area contributed by atoms with E-state index in [2.05, 4.69) is 20.6 Å². The van der Waals surface area contributed by atoms with E-state index in [0.29, 0.717) is 6.54 Å². The molecule has 0 saturated carbocycles. The highest BCUT2D eigenvalue weighted by atomic mass is 16.2. The van der Waals surface area contributed by atoms with Crippen molar-refractivity contribution in [3.63, 3.8) is 0 Å². The van der Waals surface area contributed by atoms with Crippen LogP contribution >= 0.6 is 0 Å². The van der Waals surface area contributed by atoms with Gasteiger partial charge in [-0.1, -0.05) is 6.07 Å². The zero-order valence-corrected chi connectivity index (χ0v) is 11.6. The minimum absolute atomic E-state index is 0.109. The number of urea groups is 1. The van der Waals surface area contributed by atoms with Gasteiger partial charge >= 0.3 is 6.03 Å². The van der Waals surface area contributed by atoms with Crippen LogP contribution in [-0.4, -0.2) is 34.0 Å². The molecule has 0 aromatic carbocycles. The number of amides is 2. The van der Waals surface area contributed by atoms with E-state index in [1.54, 1.807) is 17.3 Å². The summed E-state index contributed by atoms with van der Waals surface area (Å²) >= 11 is 0. The highest BCUT2D eigenvalue weighted by molar-refractivity contribution is 5.94. The van der Waals surface area contributed by atoms with Crippen LogP contribution < -0.4 is 10.6 Å². The van der Waals surface area contributed by atoms with Crippen LogP contribution in [0.3, 0.4) is 0 Å². The largest absolute Gasteiger partial charge is 0.323 e. The normalized spacial score (nSPS) is 23.5. The second kappa shape index (κ2) is 4.26. The second-order valence-corrected chi connectivity index (χ2v) is 5.30. The molecule has 2 N–H and O–H groups in total. The number of anilines is 1. The lowest BCUT2D eigenvalue weighted by atomic mass is 9.92. The predicted molar refractivity (Wildman–Crippen MR) is 77.7 cm³/mol. The van der Waals surface area contributed by atoms with Crippen molar-refractivity contribution < 1.29 is 4.79 Å². The molecule has 0 aliphatic carbocycles. The highest BCUT2D eigenvalue weighted by Gasteiger charge is 2.51. The Morgan fingerprint density at radius 3 is 3.10 bits per heavy atom. The number of rotatable bonds is 1. The van der Waals surface area contributed by atoms with Crippen molar-refractivity contribution >= 4 is 11.7 Å². The van der Waals surface area contributed by atoms with E-state index < -0.39 is 5.66 Å². The Labute approximate surface area is 122 Å². The smallest absolute Gasteiger partial charge is 0.307 e. The van der Waals surface area contributed by atoms with Crippen molar-refractivity contribution in [3.8, 4) is 0 Å². The van der Waals surface area contributed by atoms with Gasteiger partial charge in [-0.05, 0) is 25.1 Å². The maximum absolute atomic E-state index is 12.4. The molecule has 0 radical (unpaired) electrons. The minimum Gasteiger partial charge on any atom is -0.307 e. The van der Waals surface area contributed by atoms with E-state index >= 15 is 0 Å². The van der Waals surface area contributed by atoms with Crippen molar-refractivity contribution in [3.05, 3.63) is 53.6 Å². The maximum atomic E-state index is 12.4. The molecule has 1 atom stereocenters. The summed E-state index contributed by atoms with van der Waals surface area (Å²) in [5.41, 5.74) is 2.73. The summed E-state index contributed by atoms with van der Waals surface area (Å²) in [6.45, 7) is 3.31. The molecule has 0 spiro atoms. The summed E-state index contributed by atoms with van der Waals surface area (Å²) in [6.07, 6.45) is 3.48. The summed E-state index contributed by atoms with van der Waals surface area (Å²) in [5, 5.41) is 6.38. The molecule has 21 heavy (non-hydrogen) atoms. The van der Waals surface area contributed by atoms with Gasteiger partial charge in [0.1, 0.15) is 0 Å². The third-order valence-corrected chi connectivity index (χ3v) is 4.08. The maximum Gasteiger partial charge on any atom is 0.323 e. The summed E-state index contributed by atoms with van der Waals surface area (Å²) in [5.74, 6) is 0. The molecule has 0 bridgehead atoms. The molecule has 2 amide bonds. The lowest BCUT2D eigenvalue weighted by Gasteiger charge is -2.42. The molecule has 2 aliphatic heterocycles. The lowest BCUT2D eigenvalue weighted by molar-refractivity contribution is 0.162. The monoisotopic (exact) mass is 281 g/mol. The fraction of sp³-hybridized carbons (Fsp3) is 0.267. The summed E-state index contributed by atoms with van der Waals surface area (Å²) in [4.78, 5) is 23.1. The summed E-state index contributed by atoms with van der Waals surface area (Å²) < 4.78 is 0. The molecular weight excluding hydrogens is 266 g/mol. The van der Waals surface area contributed by atoms with Crippen LogP contribution in [0.25, 0.3) is 0 Å². The Balaban J connectivity index is 2.01. The van der Waals surface area contributed by atoms with E-state index in [1.807, 2.05) is 31.2 Å². The average molecular weight is 281 g/mol. The number of nitrogens with one attached hydrogen (secondary N) is 2. The molecule has 6 heteroatoms. The zero-order valence-electron chi connectivity index (χ0n) is 11.6. The van der Waals surface area contributed by atoms with E-state index in [0.717, 1.165) is 29.2 Å². The molecule has 4 heterocycles. The van der Waals surface area contributed by atoms with Crippen LogP contribution in [-0.2, 0) is 5.66 Å². The molecule has 4 rings (SSSR count). The highest BCUT2D eigenvalue weighted by Crippen LogP contribution is 2.41. The van der Waals surface area contributed by atoms with Gasteiger partial charge in [0, 0.05) is 36.7 Å².